The molecule has 0 bridgehead atoms. The van der Waals surface area contributed by atoms with Gasteiger partial charge in [0.1, 0.15) is 11.3 Å². The van der Waals surface area contributed by atoms with Crippen molar-refractivity contribution in [3.63, 3.8) is 0 Å². The Labute approximate surface area is 194 Å². The second-order valence-electron chi connectivity index (χ2n) is 9.76. The first-order chi connectivity index (χ1) is 15.6. The first-order valence-electron chi connectivity index (χ1n) is 11.7. The van der Waals surface area contributed by atoms with Gasteiger partial charge in [-0.05, 0) is 65.9 Å². The molecule has 1 aromatic carbocycles. The number of nitrogens with one attached hydrogen (secondary N) is 2. The van der Waals surface area contributed by atoms with Crippen molar-refractivity contribution in [3.05, 3.63) is 28.3 Å². The van der Waals surface area contributed by atoms with Crippen molar-refractivity contribution in [1.29, 1.82) is 0 Å². The fourth-order valence-electron chi connectivity index (χ4n) is 3.95. The smallest absolute Gasteiger partial charge is 0.407 e. The second kappa shape index (κ2) is 10.3. The molecule has 0 radical (unpaired) electrons. The zero-order valence-electron chi connectivity index (χ0n) is 19.9. The summed E-state index contributed by atoms with van der Waals surface area (Å²) in [5.74, 6) is 0. The maximum Gasteiger partial charge on any atom is 0.407 e. The number of hydrogen-bond acceptors (Lipinski definition) is 6. The molecule has 2 fully saturated rings. The molecule has 10 heteroatoms. The molecule has 0 aromatic heterocycles. The van der Waals surface area contributed by atoms with Gasteiger partial charge < -0.3 is 20.3 Å². The van der Waals surface area contributed by atoms with Gasteiger partial charge in [-0.2, -0.15) is 0 Å². The van der Waals surface area contributed by atoms with E-state index >= 15 is 0 Å². The summed E-state index contributed by atoms with van der Waals surface area (Å²) in [7, 11) is 0. The molecule has 1 aliphatic carbocycles. The standard InChI is InChI=1S/C23H35N5O5/c1-16(8-5-6-13-24-21(29)33-23(2,3)4)25-20-18(9-7-10-19(20)28(31)32)27-15-14-26(22(27)30)17-11-12-17/h7,9-10,16-17,25H,5-6,8,11-15H2,1-4H3,(H,24,29). The van der Waals surface area contributed by atoms with Gasteiger partial charge in [-0.25, -0.2) is 9.59 Å². The Hall–Kier alpha value is -3.04. The molecule has 33 heavy (non-hydrogen) atoms. The zero-order valence-corrected chi connectivity index (χ0v) is 19.9. The number of rotatable bonds is 10. The van der Waals surface area contributed by atoms with E-state index in [0.717, 1.165) is 32.1 Å². The largest absolute Gasteiger partial charge is 0.444 e. The highest BCUT2D eigenvalue weighted by molar-refractivity contribution is 5.99. The average Bonchev–Trinajstić information content (AvgIpc) is 3.48. The first kappa shape index (κ1) is 24.6. The molecular formula is C23H35N5O5. The Bertz CT molecular complexity index is 880. The van der Waals surface area contributed by atoms with E-state index in [-0.39, 0.29) is 17.8 Å². The summed E-state index contributed by atoms with van der Waals surface area (Å²) in [5, 5.41) is 17.7. The molecule has 0 spiro atoms. The molecule has 3 amide bonds. The van der Waals surface area contributed by atoms with Crippen LogP contribution < -0.4 is 15.5 Å². The second-order valence-corrected chi connectivity index (χ2v) is 9.76. The van der Waals surface area contributed by atoms with E-state index in [0.29, 0.717) is 37.1 Å². The topological polar surface area (TPSA) is 117 Å². The predicted molar refractivity (Wildman–Crippen MR) is 127 cm³/mol. The molecule has 182 valence electrons. The van der Waals surface area contributed by atoms with Gasteiger partial charge in [0.15, 0.2) is 0 Å². The van der Waals surface area contributed by atoms with Crippen LogP contribution in [0.25, 0.3) is 0 Å². The van der Waals surface area contributed by atoms with Crippen molar-refractivity contribution in [2.45, 2.75) is 77.5 Å². The van der Waals surface area contributed by atoms with Crippen LogP contribution in [0.3, 0.4) is 0 Å². The highest BCUT2D eigenvalue weighted by Crippen LogP contribution is 2.39. The van der Waals surface area contributed by atoms with Crippen LogP contribution in [0, 0.1) is 10.1 Å². The van der Waals surface area contributed by atoms with Crippen molar-refractivity contribution in [2.75, 3.05) is 29.9 Å². The van der Waals surface area contributed by atoms with Crippen LogP contribution in [-0.2, 0) is 4.74 Å². The van der Waals surface area contributed by atoms with E-state index in [1.54, 1.807) is 17.0 Å². The average molecular weight is 462 g/mol. The number of carbonyl (C=O) groups is 2. The Kier molecular flexibility index (Phi) is 7.65. The summed E-state index contributed by atoms with van der Waals surface area (Å²) in [4.78, 5) is 39.4. The van der Waals surface area contributed by atoms with Crippen molar-refractivity contribution >= 4 is 29.2 Å². The Morgan fingerprint density at radius 2 is 2.00 bits per heavy atom. The number of carbonyl (C=O) groups excluding carboxylic acids is 2. The normalized spacial score (nSPS) is 17.2. The van der Waals surface area contributed by atoms with Crippen LogP contribution in [0.5, 0.6) is 0 Å². The fourth-order valence-corrected chi connectivity index (χ4v) is 3.95. The van der Waals surface area contributed by atoms with E-state index in [2.05, 4.69) is 10.6 Å². The number of anilines is 2. The Morgan fingerprint density at radius 3 is 2.64 bits per heavy atom. The van der Waals surface area contributed by atoms with Gasteiger partial charge in [-0.3, -0.25) is 15.0 Å². The third-order valence-electron chi connectivity index (χ3n) is 5.66. The number of amides is 3. The zero-order chi connectivity index (χ0) is 24.2. The molecular weight excluding hydrogens is 426 g/mol. The summed E-state index contributed by atoms with van der Waals surface area (Å²) >= 11 is 0. The summed E-state index contributed by atoms with van der Waals surface area (Å²) in [6.45, 7) is 9.08. The van der Waals surface area contributed by atoms with Crippen LogP contribution in [0.2, 0.25) is 0 Å². The van der Waals surface area contributed by atoms with Crippen LogP contribution in [-0.4, -0.2) is 59.3 Å². The quantitative estimate of drug-likeness (QED) is 0.301. The number of nitro groups is 1. The fraction of sp³-hybridized carbons (Fsp3) is 0.652. The van der Waals surface area contributed by atoms with Crippen molar-refractivity contribution < 1.29 is 19.2 Å². The number of urea groups is 1. The van der Waals surface area contributed by atoms with Crippen LogP contribution in [0.15, 0.2) is 18.2 Å². The number of benzene rings is 1. The van der Waals surface area contributed by atoms with Gasteiger partial charge in [0.2, 0.25) is 0 Å². The number of nitrogens with zero attached hydrogens (tertiary/aromatic N) is 3. The van der Waals surface area contributed by atoms with E-state index < -0.39 is 16.6 Å². The van der Waals surface area contributed by atoms with Gasteiger partial charge >= 0.3 is 12.1 Å². The van der Waals surface area contributed by atoms with Crippen molar-refractivity contribution in [1.82, 2.24) is 10.2 Å². The number of alkyl carbamates (subject to hydrolysis) is 1. The van der Waals surface area contributed by atoms with E-state index in [9.17, 15) is 19.7 Å². The van der Waals surface area contributed by atoms with Crippen LogP contribution in [0.1, 0.15) is 59.8 Å². The Balaban J connectivity index is 1.57. The molecule has 1 saturated carbocycles. The monoisotopic (exact) mass is 461 g/mol. The minimum absolute atomic E-state index is 0.0383. The van der Waals surface area contributed by atoms with E-state index in [4.69, 9.17) is 4.74 Å². The van der Waals surface area contributed by atoms with E-state index in [1.165, 1.54) is 6.07 Å². The number of nitro benzene ring substituents is 1. The third kappa shape index (κ3) is 6.72. The van der Waals surface area contributed by atoms with Crippen molar-refractivity contribution in [2.24, 2.45) is 0 Å². The lowest BCUT2D eigenvalue weighted by Crippen LogP contribution is -2.34. The number of ether oxygens (including phenoxy) is 1. The highest BCUT2D eigenvalue weighted by atomic mass is 16.6. The van der Waals surface area contributed by atoms with Crippen LogP contribution >= 0.6 is 0 Å². The molecule has 10 nitrogen and oxygen atoms in total. The first-order valence-corrected chi connectivity index (χ1v) is 11.7. The molecule has 1 heterocycles. The molecule has 1 aromatic rings. The Morgan fingerprint density at radius 1 is 1.27 bits per heavy atom. The number of para-hydroxylation sites is 1. The van der Waals surface area contributed by atoms with Gasteiger partial charge in [0, 0.05) is 37.8 Å². The van der Waals surface area contributed by atoms with Crippen LogP contribution in [0.4, 0.5) is 26.7 Å². The molecule has 2 N–H and O–H groups in total. The molecule has 1 aliphatic heterocycles. The third-order valence-corrected chi connectivity index (χ3v) is 5.66. The summed E-state index contributed by atoms with van der Waals surface area (Å²) in [6.07, 6.45) is 3.95. The highest BCUT2D eigenvalue weighted by Gasteiger charge is 2.40. The maximum atomic E-state index is 12.9. The van der Waals surface area contributed by atoms with Gasteiger partial charge in [0.25, 0.3) is 5.69 Å². The lowest BCUT2D eigenvalue weighted by molar-refractivity contribution is -0.383. The van der Waals surface area contributed by atoms with Crippen molar-refractivity contribution in [3.8, 4) is 0 Å². The summed E-state index contributed by atoms with van der Waals surface area (Å²) in [5.41, 5.74) is 0.365. The molecule has 1 atom stereocenters. The van der Waals surface area contributed by atoms with E-state index in [1.807, 2.05) is 32.6 Å². The summed E-state index contributed by atoms with van der Waals surface area (Å²) < 4.78 is 5.21. The minimum atomic E-state index is -0.531. The molecule has 1 unspecified atom stereocenters. The molecule has 2 aliphatic rings. The predicted octanol–water partition coefficient (Wildman–Crippen LogP) is 4.49. The number of unbranched alkanes of at least 4 members (excludes halogenated alkanes) is 1. The minimum Gasteiger partial charge on any atom is -0.444 e. The lowest BCUT2D eigenvalue weighted by Gasteiger charge is -2.23. The SMILES string of the molecule is CC(CCCCNC(=O)OC(C)(C)C)Nc1c(N2CCN(C3CC3)C2=O)cccc1[N+](=O)[O-]. The maximum absolute atomic E-state index is 12.9. The van der Waals surface area contributed by atoms with Gasteiger partial charge in [-0.15, -0.1) is 0 Å². The summed E-state index contributed by atoms with van der Waals surface area (Å²) in [6, 6.07) is 5.03. The number of hydrogen-bond donors (Lipinski definition) is 2. The van der Waals surface area contributed by atoms with Gasteiger partial charge in [-0.1, -0.05) is 6.07 Å². The molecule has 3 rings (SSSR count). The lowest BCUT2D eigenvalue weighted by atomic mass is 10.1. The van der Waals surface area contributed by atoms with Gasteiger partial charge in [0.05, 0.1) is 10.6 Å². The molecule has 1 saturated heterocycles.